The van der Waals surface area contributed by atoms with Crippen molar-refractivity contribution in [1.82, 2.24) is 4.98 Å². The second-order valence-corrected chi connectivity index (χ2v) is 6.82. The van der Waals surface area contributed by atoms with E-state index in [1.165, 1.54) is 0 Å². The molecule has 0 unspecified atom stereocenters. The van der Waals surface area contributed by atoms with Gasteiger partial charge < -0.3 is 10.2 Å². The number of hydrogen-bond acceptors (Lipinski definition) is 5. The Bertz CT molecular complexity index is 914. The Hall–Kier alpha value is -2.34. The van der Waals surface area contributed by atoms with Crippen LogP contribution in [-0.2, 0) is 15.6 Å². The van der Waals surface area contributed by atoms with Crippen LogP contribution in [0.2, 0.25) is 0 Å². The fraction of sp³-hybridized carbons (Fsp3) is 0.133. The van der Waals surface area contributed by atoms with Crippen LogP contribution >= 0.6 is 0 Å². The minimum Gasteiger partial charge on any atom is -0.440 e. The van der Waals surface area contributed by atoms with E-state index in [4.69, 9.17) is 10.2 Å². The highest BCUT2D eigenvalue weighted by atomic mass is 32.2. The molecule has 0 aliphatic heterocycles. The molecule has 0 fully saturated rings. The normalized spacial score (nSPS) is 11.9. The second-order valence-electron chi connectivity index (χ2n) is 4.86. The highest BCUT2D eigenvalue weighted by molar-refractivity contribution is 7.90. The third-order valence-electron chi connectivity index (χ3n) is 3.20. The van der Waals surface area contributed by atoms with Crippen LogP contribution in [0.15, 0.2) is 51.8 Å². The SMILES string of the molecule is Cc1ccccc1S(=O)(=O)Cc1nc2cc(N)ccc2o1. The standard InChI is InChI=1S/C15H14N2O3S/c1-10-4-2-3-5-14(10)21(18,19)9-15-17-12-8-11(16)6-7-13(12)20-15/h2-8H,9,16H2,1H3. The first-order chi connectivity index (χ1) is 9.95. The summed E-state index contributed by atoms with van der Waals surface area (Å²) in [5.74, 6) is -0.106. The molecule has 0 aliphatic rings. The Morgan fingerprint density at radius 1 is 1.19 bits per heavy atom. The quantitative estimate of drug-likeness (QED) is 0.752. The van der Waals surface area contributed by atoms with Gasteiger partial charge in [-0.05, 0) is 36.8 Å². The number of fused-ring (bicyclic) bond motifs is 1. The van der Waals surface area contributed by atoms with Crippen molar-refractivity contribution in [1.29, 1.82) is 0 Å². The molecular weight excluding hydrogens is 288 g/mol. The Morgan fingerprint density at radius 3 is 2.71 bits per heavy atom. The van der Waals surface area contributed by atoms with Gasteiger partial charge in [0.05, 0.1) is 4.90 Å². The van der Waals surface area contributed by atoms with Crippen LogP contribution in [0, 0.1) is 6.92 Å². The maximum atomic E-state index is 12.4. The molecule has 0 amide bonds. The number of sulfone groups is 1. The topological polar surface area (TPSA) is 86.2 Å². The van der Waals surface area contributed by atoms with Crippen molar-refractivity contribution in [3.05, 3.63) is 53.9 Å². The van der Waals surface area contributed by atoms with Crippen molar-refractivity contribution in [2.24, 2.45) is 0 Å². The zero-order valence-corrected chi connectivity index (χ0v) is 12.2. The average Bonchev–Trinajstić information content (AvgIpc) is 2.79. The average molecular weight is 302 g/mol. The van der Waals surface area contributed by atoms with E-state index in [2.05, 4.69) is 4.98 Å². The number of nitrogen functional groups attached to an aromatic ring is 1. The van der Waals surface area contributed by atoms with Gasteiger partial charge in [-0.1, -0.05) is 18.2 Å². The van der Waals surface area contributed by atoms with Crippen molar-refractivity contribution < 1.29 is 12.8 Å². The van der Waals surface area contributed by atoms with Crippen LogP contribution in [0.3, 0.4) is 0 Å². The maximum Gasteiger partial charge on any atom is 0.211 e. The van der Waals surface area contributed by atoms with Gasteiger partial charge >= 0.3 is 0 Å². The van der Waals surface area contributed by atoms with Gasteiger partial charge in [-0.3, -0.25) is 0 Å². The summed E-state index contributed by atoms with van der Waals surface area (Å²) in [4.78, 5) is 4.49. The fourth-order valence-corrected chi connectivity index (χ4v) is 3.65. The zero-order valence-electron chi connectivity index (χ0n) is 11.4. The van der Waals surface area contributed by atoms with Crippen LogP contribution in [-0.4, -0.2) is 13.4 Å². The smallest absolute Gasteiger partial charge is 0.211 e. The molecule has 21 heavy (non-hydrogen) atoms. The summed E-state index contributed by atoms with van der Waals surface area (Å²) in [6.45, 7) is 1.76. The number of nitrogens with zero attached hydrogens (tertiary/aromatic N) is 1. The molecule has 3 rings (SSSR count). The summed E-state index contributed by atoms with van der Waals surface area (Å²) in [5.41, 5.74) is 8.02. The first-order valence-corrected chi connectivity index (χ1v) is 8.04. The van der Waals surface area contributed by atoms with Gasteiger partial charge in [0.15, 0.2) is 15.4 Å². The monoisotopic (exact) mass is 302 g/mol. The molecule has 108 valence electrons. The van der Waals surface area contributed by atoms with Crippen LogP contribution in [0.4, 0.5) is 5.69 Å². The molecule has 1 aromatic heterocycles. The van der Waals surface area contributed by atoms with Crippen molar-refractivity contribution in [3.63, 3.8) is 0 Å². The highest BCUT2D eigenvalue weighted by Gasteiger charge is 2.20. The van der Waals surface area contributed by atoms with Crippen LogP contribution in [0.25, 0.3) is 11.1 Å². The predicted molar refractivity (Wildman–Crippen MR) is 80.5 cm³/mol. The number of aromatic nitrogens is 1. The van der Waals surface area contributed by atoms with E-state index in [9.17, 15) is 8.42 Å². The number of anilines is 1. The van der Waals surface area contributed by atoms with Gasteiger partial charge in [0.25, 0.3) is 0 Å². The van der Waals surface area contributed by atoms with Crippen molar-refractivity contribution in [2.45, 2.75) is 17.6 Å². The van der Waals surface area contributed by atoms with Gasteiger partial charge in [0.1, 0.15) is 11.3 Å². The number of oxazole rings is 1. The summed E-state index contributed by atoms with van der Waals surface area (Å²) >= 11 is 0. The van der Waals surface area contributed by atoms with Gasteiger partial charge in [0, 0.05) is 5.69 Å². The summed E-state index contributed by atoms with van der Waals surface area (Å²) in [5, 5.41) is 0. The Morgan fingerprint density at radius 2 is 1.95 bits per heavy atom. The van der Waals surface area contributed by atoms with Crippen LogP contribution in [0.1, 0.15) is 11.5 Å². The van der Waals surface area contributed by atoms with Crippen molar-refractivity contribution in [3.8, 4) is 0 Å². The first-order valence-electron chi connectivity index (χ1n) is 6.39. The van der Waals surface area contributed by atoms with E-state index in [1.807, 2.05) is 0 Å². The van der Waals surface area contributed by atoms with Gasteiger partial charge in [0.2, 0.25) is 5.89 Å². The molecule has 0 saturated carbocycles. The maximum absolute atomic E-state index is 12.4. The third kappa shape index (κ3) is 2.62. The lowest BCUT2D eigenvalue weighted by molar-refractivity contribution is 0.540. The van der Waals surface area contributed by atoms with E-state index < -0.39 is 9.84 Å². The lowest BCUT2D eigenvalue weighted by atomic mass is 10.2. The molecule has 0 aliphatic carbocycles. The summed E-state index contributed by atoms with van der Waals surface area (Å²) < 4.78 is 30.4. The number of rotatable bonds is 3. The Kier molecular flexibility index (Phi) is 3.17. The third-order valence-corrected chi connectivity index (χ3v) is 4.95. The van der Waals surface area contributed by atoms with E-state index in [1.54, 1.807) is 49.4 Å². The predicted octanol–water partition coefficient (Wildman–Crippen LogP) is 2.69. The molecule has 6 heteroatoms. The number of benzene rings is 2. The minimum atomic E-state index is -3.49. The molecule has 5 nitrogen and oxygen atoms in total. The molecule has 2 N–H and O–H groups in total. The van der Waals surface area contributed by atoms with Crippen molar-refractivity contribution >= 4 is 26.6 Å². The summed E-state index contributed by atoms with van der Waals surface area (Å²) in [7, 11) is -3.49. The minimum absolute atomic E-state index is 0.166. The van der Waals surface area contributed by atoms with Gasteiger partial charge in [-0.2, -0.15) is 0 Å². The van der Waals surface area contributed by atoms with E-state index in [0.717, 1.165) is 0 Å². The fourth-order valence-electron chi connectivity index (χ4n) is 2.20. The van der Waals surface area contributed by atoms with Gasteiger partial charge in [-0.25, -0.2) is 13.4 Å². The lowest BCUT2D eigenvalue weighted by Gasteiger charge is -2.04. The molecule has 0 radical (unpaired) electrons. The Balaban J connectivity index is 1.99. The molecule has 0 spiro atoms. The molecule has 0 saturated heterocycles. The molecule has 0 bridgehead atoms. The van der Waals surface area contributed by atoms with Crippen molar-refractivity contribution in [2.75, 3.05) is 5.73 Å². The number of nitrogens with two attached hydrogens (primary N) is 1. The molecule has 2 aromatic carbocycles. The zero-order chi connectivity index (χ0) is 15.0. The van der Waals surface area contributed by atoms with Gasteiger partial charge in [-0.15, -0.1) is 0 Å². The largest absolute Gasteiger partial charge is 0.440 e. The van der Waals surface area contributed by atoms with E-state index >= 15 is 0 Å². The molecular formula is C15H14N2O3S. The first kappa shape index (κ1) is 13.6. The highest BCUT2D eigenvalue weighted by Crippen LogP contribution is 2.23. The van der Waals surface area contributed by atoms with Crippen LogP contribution < -0.4 is 5.73 Å². The molecule has 3 aromatic rings. The number of aryl methyl sites for hydroxylation is 1. The summed E-state index contributed by atoms with van der Waals surface area (Å²) in [6, 6.07) is 11.9. The molecule has 0 atom stereocenters. The number of hydrogen-bond donors (Lipinski definition) is 1. The Labute approximate surface area is 122 Å². The second kappa shape index (κ2) is 4.89. The summed E-state index contributed by atoms with van der Waals surface area (Å²) in [6.07, 6.45) is 0. The lowest BCUT2D eigenvalue weighted by Crippen LogP contribution is -2.06. The molecule has 1 heterocycles. The van der Waals surface area contributed by atoms with E-state index in [-0.39, 0.29) is 11.6 Å². The van der Waals surface area contributed by atoms with E-state index in [0.29, 0.717) is 27.2 Å². The van der Waals surface area contributed by atoms with Crippen LogP contribution in [0.5, 0.6) is 0 Å².